The lowest BCUT2D eigenvalue weighted by molar-refractivity contribution is -0.137. The molecule has 0 aliphatic heterocycles. The number of carbonyl (C=O) groups excluding carboxylic acids is 1. The van der Waals surface area contributed by atoms with Gasteiger partial charge in [-0.1, -0.05) is 0 Å². The Bertz CT molecular complexity index is 616. The number of benzene rings is 2. The highest BCUT2D eigenvalue weighted by molar-refractivity contribution is 5.91. The third-order valence-corrected chi connectivity index (χ3v) is 2.72. The molecule has 21 heavy (non-hydrogen) atoms. The van der Waals surface area contributed by atoms with E-state index in [1.165, 1.54) is 19.2 Å². The highest BCUT2D eigenvalue weighted by Crippen LogP contribution is 2.29. The Hall–Kier alpha value is -2.50. The van der Waals surface area contributed by atoms with Crippen molar-refractivity contribution in [1.82, 2.24) is 0 Å². The van der Waals surface area contributed by atoms with Crippen molar-refractivity contribution in [2.75, 3.05) is 7.11 Å². The number of rotatable bonds is 3. The van der Waals surface area contributed by atoms with Crippen molar-refractivity contribution in [2.45, 2.75) is 6.18 Å². The SMILES string of the molecule is COc1ccc(OC(=O)c2ccc(C(F)(F)F)cc2)cc1. The molecule has 0 unspecified atom stereocenters. The maximum absolute atomic E-state index is 12.4. The Morgan fingerprint density at radius 3 is 1.90 bits per heavy atom. The van der Waals surface area contributed by atoms with E-state index in [4.69, 9.17) is 9.47 Å². The van der Waals surface area contributed by atoms with Crippen LogP contribution in [0.15, 0.2) is 48.5 Å². The minimum absolute atomic E-state index is 0.0406. The average molecular weight is 296 g/mol. The molecule has 0 saturated carbocycles. The Kier molecular flexibility index (Phi) is 4.16. The van der Waals surface area contributed by atoms with Gasteiger partial charge >= 0.3 is 12.1 Å². The van der Waals surface area contributed by atoms with Crippen LogP contribution in [0.25, 0.3) is 0 Å². The molecular weight excluding hydrogens is 285 g/mol. The monoisotopic (exact) mass is 296 g/mol. The number of hydrogen-bond donors (Lipinski definition) is 0. The molecule has 0 bridgehead atoms. The molecule has 0 radical (unpaired) electrons. The molecule has 2 aromatic carbocycles. The van der Waals surface area contributed by atoms with E-state index in [0.717, 1.165) is 24.3 Å². The number of alkyl halides is 3. The lowest BCUT2D eigenvalue weighted by Crippen LogP contribution is -2.10. The molecule has 0 amide bonds. The van der Waals surface area contributed by atoms with Gasteiger partial charge in [0.25, 0.3) is 0 Å². The molecule has 0 aliphatic rings. The smallest absolute Gasteiger partial charge is 0.416 e. The fraction of sp³-hybridized carbons (Fsp3) is 0.133. The minimum atomic E-state index is -4.43. The van der Waals surface area contributed by atoms with E-state index in [0.29, 0.717) is 5.75 Å². The van der Waals surface area contributed by atoms with Crippen molar-refractivity contribution in [1.29, 1.82) is 0 Å². The van der Waals surface area contributed by atoms with Gasteiger partial charge in [0.2, 0.25) is 0 Å². The van der Waals surface area contributed by atoms with E-state index >= 15 is 0 Å². The van der Waals surface area contributed by atoms with Gasteiger partial charge in [-0.2, -0.15) is 13.2 Å². The maximum atomic E-state index is 12.4. The predicted octanol–water partition coefficient (Wildman–Crippen LogP) is 3.93. The molecule has 3 nitrogen and oxygen atoms in total. The summed E-state index contributed by atoms with van der Waals surface area (Å²) >= 11 is 0. The quantitative estimate of drug-likeness (QED) is 0.636. The van der Waals surface area contributed by atoms with E-state index in [1.54, 1.807) is 12.1 Å². The summed E-state index contributed by atoms with van der Waals surface area (Å²) in [4.78, 5) is 11.8. The first-order valence-electron chi connectivity index (χ1n) is 5.93. The highest BCUT2D eigenvalue weighted by atomic mass is 19.4. The third-order valence-electron chi connectivity index (χ3n) is 2.72. The summed E-state index contributed by atoms with van der Waals surface area (Å²) in [6.45, 7) is 0. The van der Waals surface area contributed by atoms with Crippen LogP contribution in [0.3, 0.4) is 0 Å². The fourth-order valence-electron chi connectivity index (χ4n) is 1.61. The fourth-order valence-corrected chi connectivity index (χ4v) is 1.61. The van der Waals surface area contributed by atoms with Crippen LogP contribution in [0, 0.1) is 0 Å². The van der Waals surface area contributed by atoms with Gasteiger partial charge < -0.3 is 9.47 Å². The Morgan fingerprint density at radius 2 is 1.43 bits per heavy atom. The van der Waals surface area contributed by atoms with Gasteiger partial charge in [-0.15, -0.1) is 0 Å². The van der Waals surface area contributed by atoms with E-state index in [2.05, 4.69) is 0 Å². The maximum Gasteiger partial charge on any atom is 0.416 e. The zero-order chi connectivity index (χ0) is 15.5. The van der Waals surface area contributed by atoms with Gasteiger partial charge in [0.15, 0.2) is 0 Å². The molecule has 0 atom stereocenters. The summed E-state index contributed by atoms with van der Waals surface area (Å²) in [5.74, 6) is 0.152. The summed E-state index contributed by atoms with van der Waals surface area (Å²) in [6, 6.07) is 10.1. The number of carbonyl (C=O) groups is 1. The van der Waals surface area contributed by atoms with Gasteiger partial charge in [0.05, 0.1) is 18.2 Å². The predicted molar refractivity (Wildman–Crippen MR) is 69.4 cm³/mol. The number of ether oxygens (including phenoxy) is 2. The van der Waals surface area contributed by atoms with Crippen LogP contribution in [0.2, 0.25) is 0 Å². The lowest BCUT2D eigenvalue weighted by atomic mass is 10.1. The van der Waals surface area contributed by atoms with Crippen LogP contribution in [0.5, 0.6) is 11.5 Å². The van der Waals surface area contributed by atoms with E-state index in [9.17, 15) is 18.0 Å². The van der Waals surface area contributed by atoms with Gasteiger partial charge in [-0.3, -0.25) is 0 Å². The van der Waals surface area contributed by atoms with E-state index < -0.39 is 17.7 Å². The zero-order valence-electron chi connectivity index (χ0n) is 11.0. The summed E-state index contributed by atoms with van der Waals surface area (Å²) in [5.41, 5.74) is -0.776. The van der Waals surface area contributed by atoms with Gasteiger partial charge in [0.1, 0.15) is 11.5 Å². The van der Waals surface area contributed by atoms with Crippen LogP contribution in [0.1, 0.15) is 15.9 Å². The topological polar surface area (TPSA) is 35.5 Å². The van der Waals surface area contributed by atoms with E-state index in [-0.39, 0.29) is 11.3 Å². The van der Waals surface area contributed by atoms with Crippen LogP contribution < -0.4 is 9.47 Å². The largest absolute Gasteiger partial charge is 0.497 e. The van der Waals surface area contributed by atoms with Crippen LogP contribution in [0.4, 0.5) is 13.2 Å². The van der Waals surface area contributed by atoms with Gasteiger partial charge in [0, 0.05) is 0 Å². The molecule has 0 saturated heterocycles. The number of halogens is 3. The van der Waals surface area contributed by atoms with Crippen molar-refractivity contribution in [3.63, 3.8) is 0 Å². The molecule has 6 heteroatoms. The first kappa shape index (κ1) is 14.9. The Labute approximate surface area is 118 Å². The molecule has 2 aromatic rings. The van der Waals surface area contributed by atoms with Crippen molar-refractivity contribution >= 4 is 5.97 Å². The van der Waals surface area contributed by atoms with E-state index in [1.807, 2.05) is 0 Å². The third kappa shape index (κ3) is 3.75. The number of hydrogen-bond acceptors (Lipinski definition) is 3. The van der Waals surface area contributed by atoms with Crippen LogP contribution >= 0.6 is 0 Å². The summed E-state index contributed by atoms with van der Waals surface area (Å²) < 4.78 is 47.2. The molecule has 0 aromatic heterocycles. The Balaban J connectivity index is 2.09. The van der Waals surface area contributed by atoms with Crippen LogP contribution in [-0.4, -0.2) is 13.1 Å². The van der Waals surface area contributed by atoms with Crippen molar-refractivity contribution in [3.05, 3.63) is 59.7 Å². The Morgan fingerprint density at radius 1 is 0.905 bits per heavy atom. The average Bonchev–Trinajstić information content (AvgIpc) is 2.47. The molecule has 2 rings (SSSR count). The molecule has 0 aliphatic carbocycles. The second kappa shape index (κ2) is 5.87. The second-order valence-electron chi connectivity index (χ2n) is 4.14. The molecular formula is C15H11F3O3. The summed E-state index contributed by atoms with van der Waals surface area (Å²) in [6.07, 6.45) is -4.43. The zero-order valence-corrected chi connectivity index (χ0v) is 11.0. The first-order chi connectivity index (χ1) is 9.90. The lowest BCUT2D eigenvalue weighted by Gasteiger charge is -2.08. The molecule has 0 fully saturated rings. The molecule has 0 spiro atoms. The first-order valence-corrected chi connectivity index (χ1v) is 5.93. The molecule has 0 N–H and O–H groups in total. The van der Waals surface area contributed by atoms with Gasteiger partial charge in [-0.05, 0) is 48.5 Å². The van der Waals surface area contributed by atoms with Crippen molar-refractivity contribution in [3.8, 4) is 11.5 Å². The number of methoxy groups -OCH3 is 1. The molecule has 0 heterocycles. The van der Waals surface area contributed by atoms with Crippen LogP contribution in [-0.2, 0) is 6.18 Å². The summed E-state index contributed by atoms with van der Waals surface area (Å²) in [7, 11) is 1.50. The van der Waals surface area contributed by atoms with Crippen molar-refractivity contribution in [2.24, 2.45) is 0 Å². The minimum Gasteiger partial charge on any atom is -0.497 e. The van der Waals surface area contributed by atoms with Crippen molar-refractivity contribution < 1.29 is 27.4 Å². The number of esters is 1. The van der Waals surface area contributed by atoms with Gasteiger partial charge in [-0.25, -0.2) is 4.79 Å². The summed E-state index contributed by atoms with van der Waals surface area (Å²) in [5, 5.41) is 0. The second-order valence-corrected chi connectivity index (χ2v) is 4.14. The normalized spacial score (nSPS) is 11.0. The highest BCUT2D eigenvalue weighted by Gasteiger charge is 2.30. The molecule has 110 valence electrons. The standard InChI is InChI=1S/C15H11F3O3/c1-20-12-6-8-13(9-7-12)21-14(19)10-2-4-11(5-3-10)15(16,17)18/h2-9H,1H3.